The summed E-state index contributed by atoms with van der Waals surface area (Å²) in [6.45, 7) is 4.66. The van der Waals surface area contributed by atoms with Gasteiger partial charge in [0.05, 0.1) is 25.4 Å². The molecule has 1 aromatic rings. The summed E-state index contributed by atoms with van der Waals surface area (Å²) in [6, 6.07) is 6.55. The topological polar surface area (TPSA) is 122 Å². The van der Waals surface area contributed by atoms with Gasteiger partial charge in [-0.1, -0.05) is 34.7 Å². The molecule has 0 fully saturated rings. The van der Waals surface area contributed by atoms with Crippen LogP contribution in [0.15, 0.2) is 42.8 Å². The van der Waals surface area contributed by atoms with Crippen molar-refractivity contribution in [3.8, 4) is 0 Å². The number of halogens is 3. The van der Waals surface area contributed by atoms with E-state index in [-0.39, 0.29) is 24.8 Å². The third-order valence-corrected chi connectivity index (χ3v) is 9.00. The smallest absolute Gasteiger partial charge is 0.338 e. The molecule has 0 saturated heterocycles. The van der Waals surface area contributed by atoms with E-state index in [0.29, 0.717) is 29.7 Å². The van der Waals surface area contributed by atoms with Crippen LogP contribution in [0.25, 0.3) is 0 Å². The second-order valence-electron chi connectivity index (χ2n) is 7.01. The highest BCUT2D eigenvalue weighted by atomic mass is 127. The van der Waals surface area contributed by atoms with Crippen LogP contribution in [-0.4, -0.2) is 39.4 Å². The maximum absolute atomic E-state index is 12.8. The number of hydrogen-bond acceptors (Lipinski definition) is 5. The largest absolute Gasteiger partial charge is 0.481 e. The van der Waals surface area contributed by atoms with Gasteiger partial charge in [-0.25, -0.2) is 4.79 Å². The van der Waals surface area contributed by atoms with Crippen molar-refractivity contribution < 1.29 is 29.0 Å². The first kappa shape index (κ1) is 27.0. The van der Waals surface area contributed by atoms with Crippen LogP contribution < -0.4 is 10.6 Å². The lowest BCUT2D eigenvalue weighted by Crippen LogP contribution is -2.49. The number of ether oxygens (including phenoxy) is 1. The Morgan fingerprint density at radius 2 is 1.62 bits per heavy atom. The third-order valence-electron chi connectivity index (χ3n) is 4.69. The number of aliphatic carboxylic acids is 1. The van der Waals surface area contributed by atoms with Crippen LogP contribution in [0.1, 0.15) is 36.7 Å². The van der Waals surface area contributed by atoms with Gasteiger partial charge in [0, 0.05) is 23.1 Å². The zero-order valence-corrected chi connectivity index (χ0v) is 23.9. The maximum atomic E-state index is 12.8. The van der Waals surface area contributed by atoms with Crippen LogP contribution in [0.2, 0.25) is 0 Å². The lowest BCUT2D eigenvalue weighted by atomic mass is 9.74. The van der Waals surface area contributed by atoms with Crippen molar-refractivity contribution in [2.75, 3.05) is 6.61 Å². The van der Waals surface area contributed by atoms with Crippen molar-refractivity contribution in [3.63, 3.8) is 0 Å². The summed E-state index contributed by atoms with van der Waals surface area (Å²) in [5.41, 5.74) is 0.371. The van der Waals surface area contributed by atoms with E-state index in [1.807, 2.05) is 67.8 Å². The van der Waals surface area contributed by atoms with Crippen molar-refractivity contribution >= 4 is 91.5 Å². The first-order chi connectivity index (χ1) is 14.9. The molecule has 0 heterocycles. The van der Waals surface area contributed by atoms with Gasteiger partial charge in [-0.2, -0.15) is 0 Å². The molecular formula is C21H21I3N2O6. The second-order valence-corrected chi connectivity index (χ2v) is 10.4. The van der Waals surface area contributed by atoms with E-state index in [2.05, 4.69) is 10.6 Å². The van der Waals surface area contributed by atoms with E-state index in [1.165, 1.54) is 13.8 Å². The number of carboxylic acids is 1. The molecule has 0 aliphatic heterocycles. The van der Waals surface area contributed by atoms with E-state index < -0.39 is 21.3 Å². The molecule has 32 heavy (non-hydrogen) atoms. The minimum absolute atomic E-state index is 0.0768. The molecule has 1 aromatic carbocycles. The van der Waals surface area contributed by atoms with Gasteiger partial charge in [-0.05, 0) is 76.2 Å². The highest BCUT2D eigenvalue weighted by molar-refractivity contribution is 14.1. The molecular weight excluding hydrogens is 757 g/mol. The van der Waals surface area contributed by atoms with Crippen molar-refractivity contribution in [3.05, 3.63) is 53.9 Å². The standard InChI is InChI=1S/C21H21I3N2O6/c1-4-32-19(29)13-7-5-12(6-8-13)9-21(20(30)31)17(23)15(25-10(2)27)14(22)16(18(21)24)26-11(3)28/h5-8,17H,4,9H2,1-3H3,(H,25,27)(H,26,28)(H,30,31). The summed E-state index contributed by atoms with van der Waals surface area (Å²) in [6.07, 6.45) is 0.0768. The number of carboxylic acid groups (broad SMARTS) is 1. The number of carbonyl (C=O) groups is 4. The fourth-order valence-electron chi connectivity index (χ4n) is 3.26. The number of alkyl halides is 1. The highest BCUT2D eigenvalue weighted by Crippen LogP contribution is 2.52. The Labute approximate surface area is 226 Å². The summed E-state index contributed by atoms with van der Waals surface area (Å²) < 4.78 is 5.38. The van der Waals surface area contributed by atoms with Gasteiger partial charge >= 0.3 is 11.9 Å². The number of nitrogens with one attached hydrogen (secondary N) is 2. The minimum Gasteiger partial charge on any atom is -0.481 e. The summed E-state index contributed by atoms with van der Waals surface area (Å²) in [5.74, 6) is -2.24. The van der Waals surface area contributed by atoms with E-state index in [1.54, 1.807) is 31.2 Å². The first-order valence-electron chi connectivity index (χ1n) is 9.44. The number of benzene rings is 1. The molecule has 1 aliphatic carbocycles. The van der Waals surface area contributed by atoms with Crippen molar-refractivity contribution in [2.45, 2.75) is 31.1 Å². The van der Waals surface area contributed by atoms with Crippen molar-refractivity contribution in [1.29, 1.82) is 0 Å². The van der Waals surface area contributed by atoms with Gasteiger partial charge < -0.3 is 20.5 Å². The Balaban J connectivity index is 2.61. The lowest BCUT2D eigenvalue weighted by molar-refractivity contribution is -0.146. The van der Waals surface area contributed by atoms with Gasteiger partial charge in [-0.3, -0.25) is 14.4 Å². The second kappa shape index (κ2) is 11.3. The van der Waals surface area contributed by atoms with Gasteiger partial charge in [0.1, 0.15) is 5.41 Å². The summed E-state index contributed by atoms with van der Waals surface area (Å²) in [5, 5.41) is 15.9. The quantitative estimate of drug-likeness (QED) is 0.220. The molecule has 11 heteroatoms. The van der Waals surface area contributed by atoms with Crippen LogP contribution in [0.3, 0.4) is 0 Å². The van der Waals surface area contributed by atoms with Gasteiger partial charge in [-0.15, -0.1) is 0 Å². The Morgan fingerprint density at radius 3 is 2.09 bits per heavy atom. The number of amides is 2. The van der Waals surface area contributed by atoms with Crippen LogP contribution in [-0.2, 0) is 25.5 Å². The number of esters is 1. The average molecular weight is 778 g/mol. The van der Waals surface area contributed by atoms with Gasteiger partial charge in [0.2, 0.25) is 11.8 Å². The van der Waals surface area contributed by atoms with Crippen LogP contribution in [0.4, 0.5) is 0 Å². The maximum Gasteiger partial charge on any atom is 0.338 e. The van der Waals surface area contributed by atoms with Gasteiger partial charge in [0.25, 0.3) is 0 Å². The fourth-order valence-corrected chi connectivity index (χ4v) is 8.22. The summed E-state index contributed by atoms with van der Waals surface area (Å²) in [4.78, 5) is 48.4. The Bertz CT molecular complexity index is 1020. The SMILES string of the molecule is CCOC(=O)c1ccc(CC2(C(=O)O)C(I)=C(NC(C)=O)C(I)=C(NC(C)=O)C2I)cc1. The van der Waals surface area contributed by atoms with E-state index >= 15 is 0 Å². The van der Waals surface area contributed by atoms with Crippen LogP contribution in [0, 0.1) is 5.41 Å². The number of allylic oxidation sites excluding steroid dienone is 2. The highest BCUT2D eigenvalue weighted by Gasteiger charge is 2.53. The average Bonchev–Trinajstić information content (AvgIpc) is 2.72. The molecule has 2 atom stereocenters. The summed E-state index contributed by atoms with van der Waals surface area (Å²) in [7, 11) is 0. The van der Waals surface area contributed by atoms with Crippen molar-refractivity contribution in [1.82, 2.24) is 10.6 Å². The third kappa shape index (κ3) is 5.63. The molecule has 2 unspecified atom stereocenters. The molecule has 3 N–H and O–H groups in total. The predicted molar refractivity (Wildman–Crippen MR) is 144 cm³/mol. The van der Waals surface area contributed by atoms with Crippen molar-refractivity contribution in [2.24, 2.45) is 5.41 Å². The molecule has 0 saturated carbocycles. The predicted octanol–water partition coefficient (Wildman–Crippen LogP) is 3.86. The van der Waals surface area contributed by atoms with Crippen LogP contribution >= 0.6 is 67.8 Å². The molecule has 172 valence electrons. The first-order valence-corrected chi connectivity index (χ1v) is 12.8. The number of rotatable bonds is 7. The Morgan fingerprint density at radius 1 is 1.06 bits per heavy atom. The normalized spacial score (nSPS) is 20.6. The van der Waals surface area contributed by atoms with E-state index in [4.69, 9.17) is 4.74 Å². The zero-order valence-electron chi connectivity index (χ0n) is 17.4. The van der Waals surface area contributed by atoms with E-state index in [9.17, 15) is 24.3 Å². The number of carbonyl (C=O) groups excluding carboxylic acids is 3. The van der Waals surface area contributed by atoms with E-state index in [0.717, 1.165) is 0 Å². The molecule has 0 bridgehead atoms. The fraction of sp³-hybridized carbons (Fsp3) is 0.333. The Kier molecular flexibility index (Phi) is 9.51. The monoisotopic (exact) mass is 778 g/mol. The summed E-state index contributed by atoms with van der Waals surface area (Å²) >= 11 is 6.00. The molecule has 0 spiro atoms. The zero-order chi connectivity index (χ0) is 24.2. The minimum atomic E-state index is -1.46. The van der Waals surface area contributed by atoms with Crippen LogP contribution in [0.5, 0.6) is 0 Å². The number of hydrogen-bond donors (Lipinski definition) is 3. The molecule has 0 radical (unpaired) electrons. The molecule has 0 aromatic heterocycles. The molecule has 2 rings (SSSR count). The lowest BCUT2D eigenvalue weighted by Gasteiger charge is -2.40. The van der Waals surface area contributed by atoms with Gasteiger partial charge in [0.15, 0.2) is 0 Å². The molecule has 1 aliphatic rings. The Hall–Kier alpha value is -1.23. The molecule has 2 amide bonds. The molecule has 8 nitrogen and oxygen atoms in total.